The van der Waals surface area contributed by atoms with Gasteiger partial charge in [0.15, 0.2) is 17.3 Å². The Labute approximate surface area is 205 Å². The molecule has 0 saturated carbocycles. The number of nitrogens with one attached hydrogen (secondary N) is 1. The van der Waals surface area contributed by atoms with Gasteiger partial charge in [-0.05, 0) is 43.4 Å². The highest BCUT2D eigenvalue weighted by atomic mass is 16.6. The molecule has 1 aliphatic heterocycles. The average molecular weight is 488 g/mol. The maximum absolute atomic E-state index is 13.7. The van der Waals surface area contributed by atoms with Gasteiger partial charge in [0.25, 0.3) is 0 Å². The number of dihydropyridines is 1. The van der Waals surface area contributed by atoms with Crippen LogP contribution in [0.1, 0.15) is 45.1 Å². The zero-order chi connectivity index (χ0) is 25.7. The molecule has 0 fully saturated rings. The normalized spacial score (nSPS) is 21.9. The SMILES string of the molecule is CCCOCCOC(=O)C1=C(C)NC2=C(C(=O)[C@H](C(=O)OC)[C@H](C)C2)[C@H]1c1ccc(O)c(OC)c1. The van der Waals surface area contributed by atoms with Gasteiger partial charge in [-0.1, -0.05) is 19.9 Å². The van der Waals surface area contributed by atoms with Gasteiger partial charge in [0.05, 0.1) is 26.4 Å². The van der Waals surface area contributed by atoms with E-state index in [4.69, 9.17) is 18.9 Å². The van der Waals surface area contributed by atoms with Crippen LogP contribution in [0.4, 0.5) is 0 Å². The van der Waals surface area contributed by atoms with Crippen molar-refractivity contribution in [1.82, 2.24) is 5.32 Å². The summed E-state index contributed by atoms with van der Waals surface area (Å²) in [5, 5.41) is 13.3. The molecule has 1 aliphatic carbocycles. The third-order valence-corrected chi connectivity index (χ3v) is 6.31. The Morgan fingerprint density at radius 3 is 2.57 bits per heavy atom. The van der Waals surface area contributed by atoms with Crippen LogP contribution in [0, 0.1) is 11.8 Å². The first-order chi connectivity index (χ1) is 16.7. The minimum absolute atomic E-state index is 0.0584. The number of hydrogen-bond donors (Lipinski definition) is 2. The number of hydrogen-bond acceptors (Lipinski definition) is 9. The van der Waals surface area contributed by atoms with Crippen LogP contribution >= 0.6 is 0 Å². The number of methoxy groups -OCH3 is 2. The Kier molecular flexibility index (Phi) is 8.56. The number of phenols is 1. The number of rotatable bonds is 9. The predicted octanol–water partition coefficient (Wildman–Crippen LogP) is 2.98. The lowest BCUT2D eigenvalue weighted by Gasteiger charge is -2.38. The van der Waals surface area contributed by atoms with Crippen molar-refractivity contribution in [3.63, 3.8) is 0 Å². The first kappa shape index (κ1) is 26.3. The van der Waals surface area contributed by atoms with Crippen molar-refractivity contribution in [3.8, 4) is 11.5 Å². The minimum Gasteiger partial charge on any atom is -0.504 e. The van der Waals surface area contributed by atoms with E-state index >= 15 is 0 Å². The maximum atomic E-state index is 13.7. The first-order valence-corrected chi connectivity index (χ1v) is 11.7. The van der Waals surface area contributed by atoms with Gasteiger partial charge in [-0.15, -0.1) is 0 Å². The number of ketones is 1. The molecule has 3 atom stereocenters. The molecule has 9 heteroatoms. The molecule has 2 aliphatic rings. The summed E-state index contributed by atoms with van der Waals surface area (Å²) in [6.45, 7) is 6.44. The molecule has 0 unspecified atom stereocenters. The monoisotopic (exact) mass is 487 g/mol. The van der Waals surface area contributed by atoms with Crippen molar-refractivity contribution in [3.05, 3.63) is 46.3 Å². The fourth-order valence-electron chi connectivity index (χ4n) is 4.68. The molecule has 0 spiro atoms. The summed E-state index contributed by atoms with van der Waals surface area (Å²) in [5.74, 6) is -3.58. The molecule has 1 aromatic carbocycles. The second-order valence-corrected chi connectivity index (χ2v) is 8.71. The van der Waals surface area contributed by atoms with E-state index in [2.05, 4.69) is 5.32 Å². The molecule has 35 heavy (non-hydrogen) atoms. The van der Waals surface area contributed by atoms with Crippen LogP contribution in [0.2, 0.25) is 0 Å². The number of carbonyl (C=O) groups is 3. The van der Waals surface area contributed by atoms with Crippen molar-refractivity contribution in [2.45, 2.75) is 39.5 Å². The number of aromatic hydroxyl groups is 1. The molecule has 0 radical (unpaired) electrons. The zero-order valence-electron chi connectivity index (χ0n) is 20.8. The van der Waals surface area contributed by atoms with Crippen LogP contribution in [-0.4, -0.2) is 56.9 Å². The predicted molar refractivity (Wildman–Crippen MR) is 127 cm³/mol. The fourth-order valence-corrected chi connectivity index (χ4v) is 4.68. The minimum atomic E-state index is -0.986. The van der Waals surface area contributed by atoms with E-state index in [9.17, 15) is 19.5 Å². The lowest BCUT2D eigenvalue weighted by Crippen LogP contribution is -2.43. The van der Waals surface area contributed by atoms with Gasteiger partial charge in [0.1, 0.15) is 12.5 Å². The quantitative estimate of drug-likeness (QED) is 0.308. The van der Waals surface area contributed by atoms with Gasteiger partial charge in [0, 0.05) is 29.5 Å². The summed E-state index contributed by atoms with van der Waals surface area (Å²) >= 11 is 0. The Bertz CT molecular complexity index is 1060. The Hall–Kier alpha value is -3.33. The van der Waals surface area contributed by atoms with Crippen LogP contribution in [0.15, 0.2) is 40.7 Å². The summed E-state index contributed by atoms with van der Waals surface area (Å²) in [5.41, 5.74) is 2.31. The first-order valence-electron chi connectivity index (χ1n) is 11.7. The molecule has 2 N–H and O–H groups in total. The van der Waals surface area contributed by atoms with Crippen LogP contribution in [0.25, 0.3) is 0 Å². The number of benzene rings is 1. The van der Waals surface area contributed by atoms with Crippen molar-refractivity contribution in [2.75, 3.05) is 34.0 Å². The molecule has 0 amide bonds. The second-order valence-electron chi connectivity index (χ2n) is 8.71. The van der Waals surface area contributed by atoms with Gasteiger partial charge in [-0.25, -0.2) is 4.79 Å². The van der Waals surface area contributed by atoms with Gasteiger partial charge in [-0.3, -0.25) is 9.59 Å². The van der Waals surface area contributed by atoms with E-state index < -0.39 is 29.6 Å². The molecular weight excluding hydrogens is 454 g/mol. The van der Waals surface area contributed by atoms with Gasteiger partial charge < -0.3 is 29.4 Å². The fraction of sp³-hybridized carbons (Fsp3) is 0.500. The van der Waals surface area contributed by atoms with Crippen molar-refractivity contribution in [1.29, 1.82) is 0 Å². The second kappa shape index (κ2) is 11.4. The molecule has 190 valence electrons. The lowest BCUT2D eigenvalue weighted by molar-refractivity contribution is -0.151. The molecular formula is C26H33NO8. The molecule has 0 bridgehead atoms. The van der Waals surface area contributed by atoms with E-state index in [1.807, 2.05) is 13.8 Å². The van der Waals surface area contributed by atoms with Crippen molar-refractivity contribution < 1.29 is 38.4 Å². The maximum Gasteiger partial charge on any atom is 0.336 e. The standard InChI is InChI=1S/C26H33NO8/c1-6-9-34-10-11-35-26(31)21-15(3)27-17-12-14(2)20(25(30)33-5)24(29)23(17)22(21)16-7-8-18(28)19(13-16)32-4/h7-8,13-14,20,22,27-28H,6,9-12H2,1-5H3/t14-,20-,22+/m1/s1. The molecule has 1 aromatic rings. The van der Waals surface area contributed by atoms with Gasteiger partial charge in [-0.2, -0.15) is 0 Å². The molecule has 1 heterocycles. The largest absolute Gasteiger partial charge is 0.504 e. The molecule has 9 nitrogen and oxygen atoms in total. The Morgan fingerprint density at radius 2 is 1.91 bits per heavy atom. The number of phenolic OH excluding ortho intramolecular Hbond substituents is 1. The van der Waals surface area contributed by atoms with Crippen LogP contribution in [0.5, 0.6) is 11.5 Å². The summed E-state index contributed by atoms with van der Waals surface area (Å²) in [6, 6.07) is 4.65. The van der Waals surface area contributed by atoms with Crippen molar-refractivity contribution >= 4 is 17.7 Å². The summed E-state index contributed by atoms with van der Waals surface area (Å²) in [4.78, 5) is 39.5. The van der Waals surface area contributed by atoms with E-state index in [0.29, 0.717) is 35.6 Å². The molecule has 0 aromatic heterocycles. The van der Waals surface area contributed by atoms with E-state index in [1.54, 1.807) is 19.1 Å². The van der Waals surface area contributed by atoms with E-state index in [-0.39, 0.29) is 36.2 Å². The average Bonchev–Trinajstić information content (AvgIpc) is 2.83. The molecule has 0 saturated heterocycles. The Balaban J connectivity index is 2.07. The number of esters is 2. The van der Waals surface area contributed by atoms with Crippen LogP contribution < -0.4 is 10.1 Å². The summed E-state index contributed by atoms with van der Waals surface area (Å²) in [7, 11) is 2.67. The highest BCUT2D eigenvalue weighted by Gasteiger charge is 2.47. The number of ether oxygens (including phenoxy) is 4. The van der Waals surface area contributed by atoms with Crippen LogP contribution in [0.3, 0.4) is 0 Å². The smallest absolute Gasteiger partial charge is 0.336 e. The van der Waals surface area contributed by atoms with E-state index in [1.165, 1.54) is 20.3 Å². The summed E-state index contributed by atoms with van der Waals surface area (Å²) in [6.07, 6.45) is 1.28. The highest BCUT2D eigenvalue weighted by Crippen LogP contribution is 2.46. The number of Topliss-reactive ketones (excluding diaryl/α,β-unsaturated/α-hetero) is 1. The zero-order valence-corrected chi connectivity index (χ0v) is 20.8. The summed E-state index contributed by atoms with van der Waals surface area (Å²) < 4.78 is 21.1. The van der Waals surface area contributed by atoms with Crippen LogP contribution in [-0.2, 0) is 28.6 Å². The molecule has 3 rings (SSSR count). The van der Waals surface area contributed by atoms with Gasteiger partial charge >= 0.3 is 11.9 Å². The van der Waals surface area contributed by atoms with Crippen molar-refractivity contribution in [2.24, 2.45) is 11.8 Å². The highest BCUT2D eigenvalue weighted by molar-refractivity contribution is 6.12. The number of carbonyl (C=O) groups excluding carboxylic acids is 3. The third-order valence-electron chi connectivity index (χ3n) is 6.31. The topological polar surface area (TPSA) is 120 Å². The lowest BCUT2D eigenvalue weighted by atomic mass is 9.69. The number of allylic oxidation sites excluding steroid dienone is 3. The Morgan fingerprint density at radius 1 is 1.17 bits per heavy atom. The van der Waals surface area contributed by atoms with Gasteiger partial charge in [0.2, 0.25) is 0 Å². The third kappa shape index (κ3) is 5.35. The van der Waals surface area contributed by atoms with E-state index in [0.717, 1.165) is 6.42 Å².